The number of carbonyl (C=O) groups excluding carboxylic acids is 3. The molecule has 3 amide bonds. The summed E-state index contributed by atoms with van der Waals surface area (Å²) in [7, 11) is 3.41. The molecule has 36 heavy (non-hydrogen) atoms. The smallest absolute Gasteiger partial charge is 0.318 e. The summed E-state index contributed by atoms with van der Waals surface area (Å²) in [6.07, 6.45) is 2.80. The van der Waals surface area contributed by atoms with Crippen LogP contribution < -0.4 is 5.32 Å². The van der Waals surface area contributed by atoms with Crippen molar-refractivity contribution in [2.24, 2.45) is 5.92 Å². The zero-order chi connectivity index (χ0) is 26.5. The maximum atomic E-state index is 13.7. The molecule has 1 N–H and O–H groups in total. The molecule has 0 fully saturated rings. The summed E-state index contributed by atoms with van der Waals surface area (Å²) < 4.78 is 0. The second-order valence-corrected chi connectivity index (χ2v) is 11.0. The van der Waals surface area contributed by atoms with Crippen molar-refractivity contribution in [2.45, 2.75) is 58.5 Å². The highest BCUT2D eigenvalue weighted by Gasteiger charge is 2.29. The third kappa shape index (κ3) is 10.4. The SMILES string of the molecule is CC(=O)SC[C@H](CCc1ccccc1)N(CCC(C)C)C(=O)N[C@@H](Cc1ccccc1)C(=O)N(C)C. The molecule has 0 aliphatic carbocycles. The van der Waals surface area contributed by atoms with Crippen LogP contribution in [0.3, 0.4) is 0 Å². The first kappa shape index (κ1) is 29.4. The summed E-state index contributed by atoms with van der Waals surface area (Å²) in [6.45, 7) is 6.39. The van der Waals surface area contributed by atoms with Gasteiger partial charge in [-0.25, -0.2) is 4.79 Å². The number of carbonyl (C=O) groups is 3. The summed E-state index contributed by atoms with van der Waals surface area (Å²) in [5.74, 6) is 0.799. The van der Waals surface area contributed by atoms with Gasteiger partial charge >= 0.3 is 6.03 Å². The lowest BCUT2D eigenvalue weighted by Crippen LogP contribution is -2.55. The summed E-state index contributed by atoms with van der Waals surface area (Å²) in [5, 5.41) is 3.07. The Labute approximate surface area is 220 Å². The number of nitrogens with one attached hydrogen (secondary N) is 1. The fourth-order valence-corrected chi connectivity index (χ4v) is 4.74. The van der Waals surface area contributed by atoms with E-state index in [9.17, 15) is 14.4 Å². The van der Waals surface area contributed by atoms with E-state index in [4.69, 9.17) is 0 Å². The maximum Gasteiger partial charge on any atom is 0.318 e. The minimum atomic E-state index is -0.674. The molecule has 6 nitrogen and oxygen atoms in total. The highest BCUT2D eigenvalue weighted by Crippen LogP contribution is 2.19. The summed E-state index contributed by atoms with van der Waals surface area (Å²) in [5.41, 5.74) is 2.18. The second-order valence-electron chi connectivity index (χ2n) is 9.78. The number of likely N-dealkylation sites (N-methyl/N-ethyl adjacent to an activating group) is 1. The molecule has 0 bridgehead atoms. The van der Waals surface area contributed by atoms with E-state index in [0.717, 1.165) is 24.8 Å². The van der Waals surface area contributed by atoms with Crippen LogP contribution in [0.1, 0.15) is 44.7 Å². The first-order chi connectivity index (χ1) is 17.2. The van der Waals surface area contributed by atoms with Gasteiger partial charge in [0.25, 0.3) is 0 Å². The molecule has 0 radical (unpaired) electrons. The van der Waals surface area contributed by atoms with Gasteiger partial charge in [0.2, 0.25) is 5.91 Å². The Morgan fingerprint density at radius 1 is 0.889 bits per heavy atom. The average molecular weight is 512 g/mol. The minimum absolute atomic E-state index is 0.0358. The molecular formula is C29H41N3O3S. The van der Waals surface area contributed by atoms with Gasteiger partial charge in [-0.2, -0.15) is 0 Å². The van der Waals surface area contributed by atoms with E-state index in [-0.39, 0.29) is 23.1 Å². The standard InChI is InChI=1S/C29H41N3O3S/c1-22(2)18-19-32(26(21-36-23(3)33)17-16-24-12-8-6-9-13-24)29(35)30-27(28(34)31(4)5)20-25-14-10-7-11-15-25/h6-15,22,26-27H,16-21H2,1-5H3,(H,30,35)/t26-,27-/m0/s1. The van der Waals surface area contributed by atoms with E-state index < -0.39 is 6.04 Å². The Hall–Kier alpha value is -2.80. The largest absolute Gasteiger partial charge is 0.347 e. The van der Waals surface area contributed by atoms with Crippen LogP contribution in [0.2, 0.25) is 0 Å². The monoisotopic (exact) mass is 511 g/mol. The number of urea groups is 1. The molecule has 2 atom stereocenters. The van der Waals surface area contributed by atoms with Crippen LogP contribution in [0.4, 0.5) is 4.79 Å². The van der Waals surface area contributed by atoms with Crippen molar-refractivity contribution in [3.8, 4) is 0 Å². The van der Waals surface area contributed by atoms with Crippen molar-refractivity contribution < 1.29 is 14.4 Å². The lowest BCUT2D eigenvalue weighted by atomic mass is 10.0. The molecule has 0 aliphatic rings. The molecule has 0 saturated carbocycles. The van der Waals surface area contributed by atoms with Gasteiger partial charge in [-0.05, 0) is 36.3 Å². The molecule has 0 spiro atoms. The van der Waals surface area contributed by atoms with Crippen LogP contribution in [-0.4, -0.2) is 65.3 Å². The topological polar surface area (TPSA) is 69.7 Å². The fraction of sp³-hybridized carbons (Fsp3) is 0.483. The van der Waals surface area contributed by atoms with E-state index in [1.807, 2.05) is 53.4 Å². The lowest BCUT2D eigenvalue weighted by molar-refractivity contribution is -0.130. The van der Waals surface area contributed by atoms with E-state index in [1.165, 1.54) is 22.2 Å². The number of thioether (sulfide) groups is 1. The molecule has 196 valence electrons. The van der Waals surface area contributed by atoms with Gasteiger partial charge in [-0.3, -0.25) is 9.59 Å². The number of hydrogen-bond donors (Lipinski definition) is 1. The number of rotatable bonds is 13. The molecule has 0 heterocycles. The van der Waals surface area contributed by atoms with Crippen LogP contribution in [-0.2, 0) is 22.4 Å². The van der Waals surface area contributed by atoms with Gasteiger partial charge in [0.15, 0.2) is 5.12 Å². The average Bonchev–Trinajstić information content (AvgIpc) is 2.85. The van der Waals surface area contributed by atoms with Gasteiger partial charge in [0.1, 0.15) is 6.04 Å². The predicted molar refractivity (Wildman–Crippen MR) is 149 cm³/mol. The third-order valence-corrected chi connectivity index (χ3v) is 7.01. The Kier molecular flexibility index (Phi) is 12.5. The second kappa shape index (κ2) is 15.3. The molecule has 7 heteroatoms. The number of nitrogens with zero attached hydrogens (tertiary/aromatic N) is 2. The Bertz CT molecular complexity index is 951. The highest BCUT2D eigenvalue weighted by molar-refractivity contribution is 8.13. The maximum absolute atomic E-state index is 13.7. The van der Waals surface area contributed by atoms with Crippen LogP contribution in [0.25, 0.3) is 0 Å². The molecule has 0 saturated heterocycles. The quantitative estimate of drug-likeness (QED) is 0.410. The van der Waals surface area contributed by atoms with Crippen molar-refractivity contribution in [1.82, 2.24) is 15.1 Å². The van der Waals surface area contributed by atoms with Crippen molar-refractivity contribution in [3.05, 3.63) is 71.8 Å². The van der Waals surface area contributed by atoms with Crippen LogP contribution in [0.5, 0.6) is 0 Å². The van der Waals surface area contributed by atoms with Crippen LogP contribution in [0, 0.1) is 5.92 Å². The molecule has 0 aliphatic heterocycles. The molecule has 0 unspecified atom stereocenters. The molecule has 2 rings (SSSR count). The Morgan fingerprint density at radius 2 is 1.47 bits per heavy atom. The van der Waals surface area contributed by atoms with E-state index in [1.54, 1.807) is 21.0 Å². The molecule has 0 aromatic heterocycles. The summed E-state index contributed by atoms with van der Waals surface area (Å²) in [4.78, 5) is 41.9. The molecule has 2 aromatic carbocycles. The Balaban J connectivity index is 2.27. The number of benzene rings is 2. The van der Waals surface area contributed by atoms with Crippen molar-refractivity contribution in [1.29, 1.82) is 0 Å². The molecule has 2 aromatic rings. The normalized spacial score (nSPS) is 12.6. The van der Waals surface area contributed by atoms with Crippen molar-refractivity contribution >= 4 is 28.8 Å². The van der Waals surface area contributed by atoms with E-state index in [2.05, 4.69) is 31.3 Å². The third-order valence-electron chi connectivity index (χ3n) is 6.06. The van der Waals surface area contributed by atoms with Crippen molar-refractivity contribution in [3.63, 3.8) is 0 Å². The predicted octanol–water partition coefficient (Wildman–Crippen LogP) is 5.02. The highest BCUT2D eigenvalue weighted by atomic mass is 32.2. The Morgan fingerprint density at radius 3 is 2.00 bits per heavy atom. The first-order valence-electron chi connectivity index (χ1n) is 12.7. The van der Waals surface area contributed by atoms with Gasteiger partial charge in [-0.15, -0.1) is 0 Å². The van der Waals surface area contributed by atoms with Gasteiger partial charge < -0.3 is 15.1 Å². The lowest BCUT2D eigenvalue weighted by Gasteiger charge is -2.34. The summed E-state index contributed by atoms with van der Waals surface area (Å²) >= 11 is 1.25. The first-order valence-corrected chi connectivity index (χ1v) is 13.7. The van der Waals surface area contributed by atoms with Gasteiger partial charge in [0, 0.05) is 45.8 Å². The van der Waals surface area contributed by atoms with Crippen molar-refractivity contribution in [2.75, 3.05) is 26.4 Å². The number of hydrogen-bond acceptors (Lipinski definition) is 4. The number of aryl methyl sites for hydroxylation is 1. The van der Waals surface area contributed by atoms with Crippen LogP contribution in [0.15, 0.2) is 60.7 Å². The van der Waals surface area contributed by atoms with Gasteiger partial charge in [0.05, 0.1) is 0 Å². The number of amides is 3. The zero-order valence-corrected chi connectivity index (χ0v) is 23.1. The molecular weight excluding hydrogens is 470 g/mol. The van der Waals surface area contributed by atoms with Crippen LogP contribution >= 0.6 is 11.8 Å². The summed E-state index contributed by atoms with van der Waals surface area (Å²) in [6, 6.07) is 18.8. The minimum Gasteiger partial charge on any atom is -0.347 e. The fourth-order valence-electron chi connectivity index (χ4n) is 3.96. The van der Waals surface area contributed by atoms with Gasteiger partial charge in [-0.1, -0.05) is 86.3 Å². The zero-order valence-electron chi connectivity index (χ0n) is 22.3. The van der Waals surface area contributed by atoms with E-state index >= 15 is 0 Å². The van der Waals surface area contributed by atoms with E-state index in [0.29, 0.717) is 24.6 Å².